The maximum absolute atomic E-state index is 11.2. The molecule has 1 aromatic rings. The van der Waals surface area contributed by atoms with Gasteiger partial charge in [0.1, 0.15) is 11.5 Å². The van der Waals surface area contributed by atoms with Gasteiger partial charge < -0.3 is 9.15 Å². The van der Waals surface area contributed by atoms with Crippen molar-refractivity contribution in [3.05, 3.63) is 5.89 Å². The van der Waals surface area contributed by atoms with E-state index in [1.165, 1.54) is 0 Å². The van der Waals surface area contributed by atoms with Gasteiger partial charge in [-0.2, -0.15) is 0 Å². The molecule has 1 aromatic heterocycles. The van der Waals surface area contributed by atoms with Crippen LogP contribution < -0.4 is 5.32 Å². The highest BCUT2D eigenvalue weighted by atomic mass is 35.5. The van der Waals surface area contributed by atoms with E-state index in [-0.39, 0.29) is 17.8 Å². The van der Waals surface area contributed by atoms with Crippen LogP contribution in [0.5, 0.6) is 0 Å². The van der Waals surface area contributed by atoms with E-state index < -0.39 is 11.7 Å². The van der Waals surface area contributed by atoms with Gasteiger partial charge in [0.2, 0.25) is 5.89 Å². The number of amides is 1. The summed E-state index contributed by atoms with van der Waals surface area (Å²) in [6.45, 7) is 5.26. The van der Waals surface area contributed by atoms with Crippen molar-refractivity contribution >= 4 is 23.7 Å². The Morgan fingerprint density at radius 3 is 2.67 bits per heavy atom. The number of carbonyl (C=O) groups excluding carboxylic acids is 1. The van der Waals surface area contributed by atoms with Gasteiger partial charge >= 0.3 is 12.1 Å². The van der Waals surface area contributed by atoms with Gasteiger partial charge in [0.25, 0.3) is 0 Å². The van der Waals surface area contributed by atoms with Crippen LogP contribution in [0.15, 0.2) is 4.42 Å². The average molecular weight is 234 g/mol. The smallest absolute Gasteiger partial charge is 0.415 e. The molecule has 0 atom stereocenters. The Hall–Kier alpha value is -1.30. The summed E-state index contributed by atoms with van der Waals surface area (Å²) in [4.78, 5) is 11.2. The van der Waals surface area contributed by atoms with E-state index in [0.29, 0.717) is 0 Å². The van der Waals surface area contributed by atoms with E-state index in [0.717, 1.165) is 0 Å². The summed E-state index contributed by atoms with van der Waals surface area (Å²) >= 11 is 5.44. The standard InChI is InChI=1S/C8H12ClN3O3/c1-8(2,3)15-7(13)10-6-12-11-5(4-9)14-6/h4H2,1-3H3,(H,10,12,13). The van der Waals surface area contributed by atoms with E-state index in [4.69, 9.17) is 20.8 Å². The molecule has 6 nitrogen and oxygen atoms in total. The number of halogens is 1. The van der Waals surface area contributed by atoms with Crippen molar-refractivity contribution in [3.63, 3.8) is 0 Å². The highest BCUT2D eigenvalue weighted by molar-refractivity contribution is 6.16. The fourth-order valence-corrected chi connectivity index (χ4v) is 0.857. The van der Waals surface area contributed by atoms with Crippen LogP contribution in [0.3, 0.4) is 0 Å². The fourth-order valence-electron chi connectivity index (χ4n) is 0.749. The first-order valence-corrected chi connectivity index (χ1v) is 4.82. The third-order valence-electron chi connectivity index (χ3n) is 1.19. The molecular weight excluding hydrogens is 222 g/mol. The van der Waals surface area contributed by atoms with Crippen LogP contribution in [0.4, 0.5) is 10.8 Å². The number of hydrogen-bond donors (Lipinski definition) is 1. The zero-order valence-corrected chi connectivity index (χ0v) is 9.46. The Kier molecular flexibility index (Phi) is 3.52. The first-order valence-electron chi connectivity index (χ1n) is 4.29. The molecule has 0 fully saturated rings. The molecule has 0 aromatic carbocycles. The minimum atomic E-state index is -0.646. The van der Waals surface area contributed by atoms with E-state index in [1.807, 2.05) is 0 Å². The molecule has 0 spiro atoms. The van der Waals surface area contributed by atoms with Gasteiger partial charge in [-0.15, -0.1) is 16.7 Å². The van der Waals surface area contributed by atoms with Gasteiger partial charge in [-0.1, -0.05) is 5.10 Å². The monoisotopic (exact) mass is 233 g/mol. The highest BCUT2D eigenvalue weighted by Gasteiger charge is 2.18. The maximum atomic E-state index is 11.2. The van der Waals surface area contributed by atoms with Crippen molar-refractivity contribution in [2.75, 3.05) is 5.32 Å². The van der Waals surface area contributed by atoms with Crippen LogP contribution in [0, 0.1) is 0 Å². The number of alkyl halides is 1. The van der Waals surface area contributed by atoms with Gasteiger partial charge in [0.05, 0.1) is 0 Å². The first kappa shape index (κ1) is 11.8. The number of ether oxygens (including phenoxy) is 1. The molecule has 0 radical (unpaired) electrons. The molecule has 1 amide bonds. The largest absolute Gasteiger partial charge is 0.443 e. The van der Waals surface area contributed by atoms with Crippen molar-refractivity contribution in [2.45, 2.75) is 32.3 Å². The third kappa shape index (κ3) is 4.16. The van der Waals surface area contributed by atoms with Crippen molar-refractivity contribution in [2.24, 2.45) is 0 Å². The summed E-state index contributed by atoms with van der Waals surface area (Å²) in [5.41, 5.74) is -0.570. The van der Waals surface area contributed by atoms with Crippen molar-refractivity contribution < 1.29 is 13.9 Å². The van der Waals surface area contributed by atoms with Crippen molar-refractivity contribution in [1.82, 2.24) is 10.2 Å². The van der Waals surface area contributed by atoms with Gasteiger partial charge in [-0.25, -0.2) is 10.1 Å². The van der Waals surface area contributed by atoms with Crippen LogP contribution in [-0.2, 0) is 10.6 Å². The lowest BCUT2D eigenvalue weighted by Crippen LogP contribution is -2.27. The second-order valence-electron chi connectivity index (χ2n) is 3.76. The molecule has 0 aliphatic heterocycles. The average Bonchev–Trinajstić information content (AvgIpc) is 2.48. The molecule has 0 aliphatic rings. The van der Waals surface area contributed by atoms with Crippen LogP contribution in [-0.4, -0.2) is 21.9 Å². The number of rotatable bonds is 2. The van der Waals surface area contributed by atoms with Gasteiger partial charge in [0.15, 0.2) is 0 Å². The summed E-state index contributed by atoms with van der Waals surface area (Å²) in [7, 11) is 0. The SMILES string of the molecule is CC(C)(C)OC(=O)Nc1nnc(CCl)o1. The number of carbonyl (C=O) groups is 1. The van der Waals surface area contributed by atoms with E-state index in [2.05, 4.69) is 15.5 Å². The van der Waals surface area contributed by atoms with Crippen molar-refractivity contribution in [3.8, 4) is 0 Å². The van der Waals surface area contributed by atoms with Crippen LogP contribution >= 0.6 is 11.6 Å². The normalized spacial score (nSPS) is 11.2. The Bertz CT molecular complexity index is 345. The summed E-state index contributed by atoms with van der Waals surface area (Å²) in [5.74, 6) is 0.339. The minimum Gasteiger partial charge on any atom is -0.443 e. The maximum Gasteiger partial charge on any atom is 0.415 e. The molecule has 1 heterocycles. The lowest BCUT2D eigenvalue weighted by Gasteiger charge is -2.18. The summed E-state index contributed by atoms with van der Waals surface area (Å²) < 4.78 is 9.93. The predicted octanol–water partition coefficient (Wildman–Crippen LogP) is 2.16. The predicted molar refractivity (Wildman–Crippen MR) is 53.7 cm³/mol. The van der Waals surface area contributed by atoms with Gasteiger partial charge in [-0.3, -0.25) is 0 Å². The molecule has 1 rings (SSSR count). The molecule has 84 valence electrons. The Morgan fingerprint density at radius 2 is 2.20 bits per heavy atom. The topological polar surface area (TPSA) is 77.2 Å². The van der Waals surface area contributed by atoms with E-state index >= 15 is 0 Å². The minimum absolute atomic E-state index is 0.0279. The fraction of sp³-hybridized carbons (Fsp3) is 0.625. The number of hydrogen-bond acceptors (Lipinski definition) is 5. The van der Waals surface area contributed by atoms with Crippen LogP contribution in [0.25, 0.3) is 0 Å². The molecule has 7 heteroatoms. The molecule has 0 saturated carbocycles. The van der Waals surface area contributed by atoms with Crippen molar-refractivity contribution in [1.29, 1.82) is 0 Å². The first-order chi connectivity index (χ1) is 6.90. The summed E-state index contributed by atoms with van der Waals surface area (Å²) in [6, 6.07) is -0.0279. The third-order valence-corrected chi connectivity index (χ3v) is 1.42. The Balaban J connectivity index is 2.51. The highest BCUT2D eigenvalue weighted by Crippen LogP contribution is 2.11. The molecule has 0 bridgehead atoms. The number of anilines is 1. The second kappa shape index (κ2) is 4.48. The Morgan fingerprint density at radius 1 is 1.53 bits per heavy atom. The molecule has 1 N–H and O–H groups in total. The number of aromatic nitrogens is 2. The summed E-state index contributed by atoms with van der Waals surface area (Å²) in [5, 5.41) is 9.40. The molecule has 15 heavy (non-hydrogen) atoms. The lowest BCUT2D eigenvalue weighted by atomic mass is 10.2. The summed E-state index contributed by atoms with van der Waals surface area (Å²) in [6.07, 6.45) is -0.646. The second-order valence-corrected chi connectivity index (χ2v) is 4.03. The van der Waals surface area contributed by atoms with Crippen LogP contribution in [0.1, 0.15) is 26.7 Å². The van der Waals surface area contributed by atoms with Gasteiger partial charge in [0, 0.05) is 0 Å². The quantitative estimate of drug-likeness (QED) is 0.792. The van der Waals surface area contributed by atoms with E-state index in [9.17, 15) is 4.79 Å². The number of nitrogens with zero attached hydrogens (tertiary/aromatic N) is 2. The van der Waals surface area contributed by atoms with E-state index in [1.54, 1.807) is 20.8 Å². The van der Waals surface area contributed by atoms with Crippen LogP contribution in [0.2, 0.25) is 0 Å². The number of nitrogens with one attached hydrogen (secondary N) is 1. The molecule has 0 saturated heterocycles. The van der Waals surface area contributed by atoms with Gasteiger partial charge in [-0.05, 0) is 20.8 Å². The molecular formula is C8H12ClN3O3. The molecule has 0 aliphatic carbocycles. The Labute approximate surface area is 92.0 Å². The molecule has 0 unspecified atom stereocenters. The zero-order valence-electron chi connectivity index (χ0n) is 8.70. The zero-order chi connectivity index (χ0) is 11.5. The lowest BCUT2D eigenvalue weighted by molar-refractivity contribution is 0.0631.